The number of rotatable bonds is 12. The summed E-state index contributed by atoms with van der Waals surface area (Å²) in [6.07, 6.45) is -1.07. The van der Waals surface area contributed by atoms with Crippen LogP contribution in [0.2, 0.25) is 0 Å². The number of para-hydroxylation sites is 1. The Balaban J connectivity index is 1.88. The molecule has 1 atom stereocenters. The molecule has 186 valence electrons. The van der Waals surface area contributed by atoms with Gasteiger partial charge in [-0.25, -0.2) is 8.42 Å². The maximum atomic E-state index is 12.7. The lowest BCUT2D eigenvalue weighted by Gasteiger charge is -2.19. The highest BCUT2D eigenvalue weighted by Gasteiger charge is 2.23. The number of amides is 2. The molecule has 2 aromatic rings. The minimum atomic E-state index is -3.93. The van der Waals surface area contributed by atoms with E-state index in [1.807, 2.05) is 0 Å². The van der Waals surface area contributed by atoms with Crippen LogP contribution in [0.15, 0.2) is 47.4 Å². The topological polar surface area (TPSA) is 144 Å². The molecule has 2 amide bonds. The molecule has 0 aliphatic carbocycles. The minimum absolute atomic E-state index is 0.0314. The van der Waals surface area contributed by atoms with Gasteiger partial charge in [0, 0.05) is 26.2 Å². The smallest absolute Gasteiger partial charge is 0.243 e. The summed E-state index contributed by atoms with van der Waals surface area (Å²) in [6, 6.07) is 10.7. The number of nitrogens with zero attached hydrogens (tertiary/aromatic N) is 1. The molecule has 0 heterocycles. The van der Waals surface area contributed by atoms with Crippen molar-refractivity contribution in [2.24, 2.45) is 0 Å². The van der Waals surface area contributed by atoms with E-state index in [0.717, 1.165) is 4.31 Å². The standard InChI is InChI=1S/C22H29N3O8S/c1-15(26)24-16-8-10-18(11-9-16)34(29,30)25(2)13-21(28)23-12-17(27)14-33-22-19(31-3)6-5-7-20(22)32-4/h5-11,17,27H,12-14H2,1-4H3,(H,23,28)(H,24,26). The summed E-state index contributed by atoms with van der Waals surface area (Å²) in [5.74, 6) is 0.280. The second-order valence-corrected chi connectivity index (χ2v) is 9.27. The third kappa shape index (κ3) is 7.33. The van der Waals surface area contributed by atoms with Crippen molar-refractivity contribution in [2.45, 2.75) is 17.9 Å². The average molecular weight is 496 g/mol. The van der Waals surface area contributed by atoms with Gasteiger partial charge in [-0.15, -0.1) is 0 Å². The van der Waals surface area contributed by atoms with Crippen molar-refractivity contribution in [3.05, 3.63) is 42.5 Å². The fourth-order valence-corrected chi connectivity index (χ4v) is 3.99. The van der Waals surface area contributed by atoms with Crippen molar-refractivity contribution in [1.29, 1.82) is 0 Å². The summed E-state index contributed by atoms with van der Waals surface area (Å²) in [5, 5.41) is 15.2. The molecule has 0 aliphatic heterocycles. The summed E-state index contributed by atoms with van der Waals surface area (Å²) in [6.45, 7) is 0.570. The molecule has 11 nitrogen and oxygen atoms in total. The number of benzene rings is 2. The highest BCUT2D eigenvalue weighted by molar-refractivity contribution is 7.89. The van der Waals surface area contributed by atoms with Crippen LogP contribution in [0, 0.1) is 0 Å². The Morgan fingerprint density at radius 3 is 2.18 bits per heavy atom. The van der Waals surface area contributed by atoms with Gasteiger partial charge in [0.2, 0.25) is 27.6 Å². The number of hydrogen-bond donors (Lipinski definition) is 3. The molecule has 34 heavy (non-hydrogen) atoms. The van der Waals surface area contributed by atoms with Crippen molar-refractivity contribution < 1.29 is 37.3 Å². The molecule has 0 fully saturated rings. The lowest BCUT2D eigenvalue weighted by atomic mass is 10.3. The predicted molar refractivity (Wildman–Crippen MR) is 125 cm³/mol. The number of aliphatic hydroxyl groups is 1. The van der Waals surface area contributed by atoms with E-state index in [0.29, 0.717) is 22.9 Å². The van der Waals surface area contributed by atoms with Crippen molar-refractivity contribution in [1.82, 2.24) is 9.62 Å². The van der Waals surface area contributed by atoms with Crippen LogP contribution < -0.4 is 24.8 Å². The first-order valence-corrected chi connectivity index (χ1v) is 11.6. The zero-order chi connectivity index (χ0) is 25.3. The minimum Gasteiger partial charge on any atom is -0.493 e. The van der Waals surface area contributed by atoms with E-state index in [-0.39, 0.29) is 24.0 Å². The van der Waals surface area contributed by atoms with Crippen molar-refractivity contribution >= 4 is 27.5 Å². The van der Waals surface area contributed by atoms with Gasteiger partial charge in [0.05, 0.1) is 25.7 Å². The van der Waals surface area contributed by atoms with E-state index in [9.17, 15) is 23.1 Å². The summed E-state index contributed by atoms with van der Waals surface area (Å²) >= 11 is 0. The molecule has 0 aliphatic rings. The van der Waals surface area contributed by atoms with Crippen molar-refractivity contribution in [3.8, 4) is 17.2 Å². The Hall–Kier alpha value is -3.35. The van der Waals surface area contributed by atoms with Crippen LogP contribution in [0.4, 0.5) is 5.69 Å². The van der Waals surface area contributed by atoms with Crippen molar-refractivity contribution in [3.63, 3.8) is 0 Å². The maximum absolute atomic E-state index is 12.7. The summed E-state index contributed by atoms with van der Waals surface area (Å²) in [4.78, 5) is 23.3. The molecule has 0 radical (unpaired) electrons. The number of hydrogen-bond acceptors (Lipinski definition) is 8. The second kappa shape index (κ2) is 12.2. The number of carbonyl (C=O) groups is 2. The van der Waals surface area contributed by atoms with E-state index in [1.54, 1.807) is 18.2 Å². The van der Waals surface area contributed by atoms with Crippen LogP contribution in [0.3, 0.4) is 0 Å². The van der Waals surface area contributed by atoms with E-state index < -0.39 is 28.6 Å². The van der Waals surface area contributed by atoms with Crippen LogP contribution >= 0.6 is 0 Å². The van der Waals surface area contributed by atoms with E-state index in [4.69, 9.17) is 14.2 Å². The highest BCUT2D eigenvalue weighted by Crippen LogP contribution is 2.36. The first-order valence-electron chi connectivity index (χ1n) is 10.2. The fraction of sp³-hybridized carbons (Fsp3) is 0.364. The summed E-state index contributed by atoms with van der Waals surface area (Å²) in [7, 11) is 0.278. The Morgan fingerprint density at radius 2 is 1.65 bits per heavy atom. The molecule has 2 rings (SSSR count). The van der Waals surface area contributed by atoms with Gasteiger partial charge in [-0.1, -0.05) is 6.07 Å². The largest absolute Gasteiger partial charge is 0.493 e. The van der Waals surface area contributed by atoms with Crippen LogP contribution in [0.25, 0.3) is 0 Å². The van der Waals surface area contributed by atoms with Gasteiger partial charge in [-0.3, -0.25) is 9.59 Å². The van der Waals surface area contributed by atoms with Gasteiger partial charge < -0.3 is 30.0 Å². The third-order valence-corrected chi connectivity index (χ3v) is 6.40. The number of methoxy groups -OCH3 is 2. The van der Waals surface area contributed by atoms with Gasteiger partial charge in [-0.05, 0) is 36.4 Å². The van der Waals surface area contributed by atoms with Crippen LogP contribution in [0.1, 0.15) is 6.92 Å². The van der Waals surface area contributed by atoms with E-state index in [1.165, 1.54) is 52.5 Å². The number of nitrogens with one attached hydrogen (secondary N) is 2. The molecule has 0 saturated heterocycles. The average Bonchev–Trinajstić information content (AvgIpc) is 2.80. The monoisotopic (exact) mass is 495 g/mol. The van der Waals surface area contributed by atoms with Crippen molar-refractivity contribution in [2.75, 3.05) is 46.3 Å². The number of likely N-dealkylation sites (N-methyl/N-ethyl adjacent to an activating group) is 1. The molecule has 0 bridgehead atoms. The quantitative estimate of drug-likeness (QED) is 0.393. The molecule has 1 unspecified atom stereocenters. The molecule has 12 heteroatoms. The zero-order valence-corrected chi connectivity index (χ0v) is 20.2. The molecular weight excluding hydrogens is 466 g/mol. The predicted octanol–water partition coefficient (Wildman–Crippen LogP) is 0.839. The molecule has 3 N–H and O–H groups in total. The van der Waals surface area contributed by atoms with Crippen LogP contribution in [-0.2, 0) is 19.6 Å². The summed E-state index contributed by atoms with van der Waals surface area (Å²) in [5.41, 5.74) is 0.453. The molecular formula is C22H29N3O8S. The third-order valence-electron chi connectivity index (χ3n) is 4.59. The molecule has 0 aromatic heterocycles. The Labute approximate surface area is 198 Å². The van der Waals surface area contributed by atoms with Gasteiger partial charge in [0.15, 0.2) is 11.5 Å². The lowest BCUT2D eigenvalue weighted by Crippen LogP contribution is -2.42. The molecule has 2 aromatic carbocycles. The van der Waals surface area contributed by atoms with E-state index >= 15 is 0 Å². The first kappa shape index (κ1) is 26.9. The Morgan fingerprint density at radius 1 is 1.06 bits per heavy atom. The normalized spacial score (nSPS) is 12.1. The van der Waals surface area contributed by atoms with Gasteiger partial charge >= 0.3 is 0 Å². The summed E-state index contributed by atoms with van der Waals surface area (Å²) < 4.78 is 42.3. The second-order valence-electron chi connectivity index (χ2n) is 7.23. The number of carbonyl (C=O) groups excluding carboxylic acids is 2. The van der Waals surface area contributed by atoms with E-state index in [2.05, 4.69) is 10.6 Å². The SMILES string of the molecule is COc1cccc(OC)c1OCC(O)CNC(=O)CN(C)S(=O)(=O)c1ccc(NC(C)=O)cc1. The Kier molecular flexibility index (Phi) is 9.66. The van der Waals surface area contributed by atoms with Gasteiger partial charge in [-0.2, -0.15) is 4.31 Å². The van der Waals surface area contributed by atoms with Crippen LogP contribution in [-0.4, -0.2) is 76.7 Å². The van der Waals surface area contributed by atoms with Gasteiger partial charge in [0.25, 0.3) is 0 Å². The number of sulfonamides is 1. The lowest BCUT2D eigenvalue weighted by molar-refractivity contribution is -0.121. The highest BCUT2D eigenvalue weighted by atomic mass is 32.2. The van der Waals surface area contributed by atoms with Crippen LogP contribution in [0.5, 0.6) is 17.2 Å². The maximum Gasteiger partial charge on any atom is 0.243 e. The number of anilines is 1. The van der Waals surface area contributed by atoms with Gasteiger partial charge in [0.1, 0.15) is 12.7 Å². The molecule has 0 saturated carbocycles. The molecule has 0 spiro atoms. The number of aliphatic hydroxyl groups excluding tert-OH is 1. The number of ether oxygens (including phenoxy) is 3. The zero-order valence-electron chi connectivity index (χ0n) is 19.4. The fourth-order valence-electron chi connectivity index (χ4n) is 2.87. The first-order chi connectivity index (χ1) is 16.1. The Bertz CT molecular complexity index is 1070.